The predicted octanol–water partition coefficient (Wildman–Crippen LogP) is 2.60. The van der Waals surface area contributed by atoms with Crippen LogP contribution in [0.25, 0.3) is 0 Å². The number of hydrogen-bond acceptors (Lipinski definition) is 4. The molecule has 1 aromatic heterocycles. The number of amides is 2. The number of piperidine rings is 1. The summed E-state index contributed by atoms with van der Waals surface area (Å²) in [6.45, 7) is -0.162. The highest BCUT2D eigenvalue weighted by Gasteiger charge is 2.46. The number of carbonyl (C=O) groups excluding carboxylic acids is 2. The lowest BCUT2D eigenvalue weighted by molar-refractivity contribution is 0.0339. The fourth-order valence-corrected chi connectivity index (χ4v) is 5.51. The van der Waals surface area contributed by atoms with Gasteiger partial charge >= 0.3 is 0 Å². The summed E-state index contributed by atoms with van der Waals surface area (Å²) in [7, 11) is 1.25. The Labute approximate surface area is 187 Å². The number of ether oxygens (including phenoxy) is 1. The van der Waals surface area contributed by atoms with Crippen molar-refractivity contribution in [3.63, 3.8) is 0 Å². The average Bonchev–Trinajstić information content (AvgIpc) is 3.13. The minimum Gasteiger partial charge on any atom is -0.491 e. The highest BCUT2D eigenvalue weighted by atomic mass is 19.1. The molecule has 0 unspecified atom stereocenters. The topological polar surface area (TPSA) is 80.6 Å². The molecule has 0 radical (unpaired) electrons. The lowest BCUT2D eigenvalue weighted by Crippen LogP contribution is -2.55. The molecule has 1 saturated carbocycles. The summed E-state index contributed by atoms with van der Waals surface area (Å²) in [5.74, 6) is -4.20. The number of pyridine rings is 1. The number of hydrogen-bond donors (Lipinski definition) is 1. The Hall–Kier alpha value is -3.30. The third-order valence-corrected chi connectivity index (χ3v) is 6.97. The third kappa shape index (κ3) is 3.48. The number of nitrogens with one attached hydrogen (secondary N) is 1. The van der Waals surface area contributed by atoms with E-state index in [1.54, 1.807) is 4.57 Å². The molecular weight excluding hydrogens is 439 g/mol. The first-order valence-corrected chi connectivity index (χ1v) is 10.8. The molecule has 1 aromatic carbocycles. The van der Waals surface area contributed by atoms with Crippen LogP contribution in [0.4, 0.5) is 13.2 Å². The van der Waals surface area contributed by atoms with Crippen molar-refractivity contribution in [1.29, 1.82) is 0 Å². The van der Waals surface area contributed by atoms with Crippen LogP contribution in [-0.4, -0.2) is 40.5 Å². The Bertz CT molecular complexity index is 1210. The summed E-state index contributed by atoms with van der Waals surface area (Å²) in [5.41, 5.74) is -1.51. The monoisotopic (exact) mass is 461 g/mol. The molecule has 2 bridgehead atoms. The number of nitrogens with zero attached hydrogens (tertiary/aromatic N) is 2. The Morgan fingerprint density at radius 1 is 1.12 bits per heavy atom. The second kappa shape index (κ2) is 7.93. The van der Waals surface area contributed by atoms with Gasteiger partial charge in [0.05, 0.1) is 13.2 Å². The van der Waals surface area contributed by atoms with E-state index in [1.165, 1.54) is 13.3 Å². The van der Waals surface area contributed by atoms with Crippen molar-refractivity contribution in [2.75, 3.05) is 7.11 Å². The van der Waals surface area contributed by atoms with Crippen molar-refractivity contribution < 1.29 is 27.5 Å². The highest BCUT2D eigenvalue weighted by Crippen LogP contribution is 2.43. The van der Waals surface area contributed by atoms with Crippen molar-refractivity contribution in [3.05, 3.63) is 62.8 Å². The number of fused-ring (bicyclic) bond motifs is 5. The predicted molar refractivity (Wildman–Crippen MR) is 110 cm³/mol. The van der Waals surface area contributed by atoms with Gasteiger partial charge < -0.3 is 19.5 Å². The van der Waals surface area contributed by atoms with Gasteiger partial charge in [-0.05, 0) is 31.6 Å². The van der Waals surface area contributed by atoms with Crippen LogP contribution >= 0.6 is 0 Å². The molecule has 2 fully saturated rings. The highest BCUT2D eigenvalue weighted by molar-refractivity contribution is 5.99. The van der Waals surface area contributed by atoms with Gasteiger partial charge in [-0.2, -0.15) is 0 Å². The maximum Gasteiger partial charge on any atom is 0.275 e. The fourth-order valence-electron chi connectivity index (χ4n) is 5.51. The number of benzene rings is 1. The van der Waals surface area contributed by atoms with Gasteiger partial charge in [0.2, 0.25) is 5.43 Å². The summed E-state index contributed by atoms with van der Waals surface area (Å²) in [5, 5.41) is 2.30. The fraction of sp³-hybridized carbons (Fsp3) is 0.435. The van der Waals surface area contributed by atoms with Crippen molar-refractivity contribution in [1.82, 2.24) is 14.8 Å². The first-order valence-electron chi connectivity index (χ1n) is 10.8. The quantitative estimate of drug-likeness (QED) is 0.759. The van der Waals surface area contributed by atoms with E-state index in [-0.39, 0.29) is 35.0 Å². The van der Waals surface area contributed by atoms with Crippen LogP contribution in [0, 0.1) is 23.4 Å². The van der Waals surface area contributed by atoms with Gasteiger partial charge in [-0.1, -0.05) is 0 Å². The first kappa shape index (κ1) is 21.5. The molecule has 10 heteroatoms. The van der Waals surface area contributed by atoms with Gasteiger partial charge in [-0.3, -0.25) is 14.4 Å². The summed E-state index contributed by atoms with van der Waals surface area (Å²) in [6, 6.07) is 1.14. The van der Waals surface area contributed by atoms with E-state index in [9.17, 15) is 27.6 Å². The van der Waals surface area contributed by atoms with E-state index in [4.69, 9.17) is 4.74 Å². The largest absolute Gasteiger partial charge is 0.491 e. The molecule has 1 aliphatic carbocycles. The van der Waals surface area contributed by atoms with E-state index >= 15 is 0 Å². The molecule has 1 saturated heterocycles. The molecule has 174 valence electrons. The van der Waals surface area contributed by atoms with Gasteiger partial charge in [-0.15, -0.1) is 0 Å². The minimum atomic E-state index is -1.15. The normalized spacial score (nSPS) is 23.2. The second-order valence-electron chi connectivity index (χ2n) is 8.87. The van der Waals surface area contributed by atoms with Gasteiger partial charge in [0.15, 0.2) is 11.4 Å². The molecule has 0 spiro atoms. The molecule has 2 amide bonds. The molecule has 1 N–H and O–H groups in total. The van der Waals surface area contributed by atoms with Gasteiger partial charge in [0, 0.05) is 43.0 Å². The van der Waals surface area contributed by atoms with Gasteiger partial charge in [-0.25, -0.2) is 13.2 Å². The molecular formula is C23H22F3N3O4. The van der Waals surface area contributed by atoms with Gasteiger partial charge in [0.25, 0.3) is 11.8 Å². The summed E-state index contributed by atoms with van der Waals surface area (Å²) < 4.78 is 47.7. The van der Waals surface area contributed by atoms with Crippen molar-refractivity contribution in [3.8, 4) is 5.75 Å². The molecule has 2 aromatic rings. The van der Waals surface area contributed by atoms with E-state index in [2.05, 4.69) is 5.32 Å². The minimum absolute atomic E-state index is 0.0261. The van der Waals surface area contributed by atoms with Crippen molar-refractivity contribution in [2.24, 2.45) is 5.92 Å². The number of methoxy groups -OCH3 is 1. The number of rotatable bonds is 4. The Kier molecular flexibility index (Phi) is 5.18. The van der Waals surface area contributed by atoms with Crippen LogP contribution < -0.4 is 15.5 Å². The SMILES string of the molecule is COc1c2n(cc(C(=O)NCc3c(F)cc(F)cc3F)c1=O)C[C@@H]1C[C@H]3CC[C@H](C3)N1C2=O. The van der Waals surface area contributed by atoms with Gasteiger partial charge in [0.1, 0.15) is 23.0 Å². The van der Waals surface area contributed by atoms with E-state index in [0.29, 0.717) is 24.6 Å². The van der Waals surface area contributed by atoms with Crippen molar-refractivity contribution >= 4 is 11.8 Å². The Morgan fingerprint density at radius 2 is 1.82 bits per heavy atom. The smallest absolute Gasteiger partial charge is 0.275 e. The maximum absolute atomic E-state index is 13.9. The zero-order valence-electron chi connectivity index (χ0n) is 17.9. The number of halogens is 3. The Balaban J connectivity index is 1.47. The standard InChI is InChI=1S/C23H22F3N3O4/c1-33-21-19-23(32)29-13-3-2-11(4-13)5-14(29)9-28(19)10-16(20(21)30)22(31)27-8-15-17(25)6-12(24)7-18(15)26/h6-7,10-11,13-14H,2-5,8-9H2,1H3,(H,27,31)/t11-,13+,14-/m0/s1. The van der Waals surface area contributed by atoms with Crippen LogP contribution in [0.1, 0.15) is 52.1 Å². The maximum atomic E-state index is 13.9. The summed E-state index contributed by atoms with van der Waals surface area (Å²) >= 11 is 0. The second-order valence-corrected chi connectivity index (χ2v) is 8.87. The van der Waals surface area contributed by atoms with Crippen LogP contribution in [-0.2, 0) is 13.1 Å². The molecule has 33 heavy (non-hydrogen) atoms. The Morgan fingerprint density at radius 3 is 2.52 bits per heavy atom. The number of aromatic nitrogens is 1. The lowest BCUT2D eigenvalue weighted by Gasteiger charge is -2.45. The zero-order valence-corrected chi connectivity index (χ0v) is 17.9. The zero-order chi connectivity index (χ0) is 23.4. The molecule has 5 rings (SSSR count). The molecule has 2 aliphatic heterocycles. The first-order chi connectivity index (χ1) is 15.8. The van der Waals surface area contributed by atoms with E-state index < -0.39 is 40.9 Å². The third-order valence-electron chi connectivity index (χ3n) is 6.97. The van der Waals surface area contributed by atoms with E-state index in [0.717, 1.165) is 25.7 Å². The summed E-state index contributed by atoms with van der Waals surface area (Å²) in [4.78, 5) is 41.0. The number of carbonyl (C=O) groups is 2. The average molecular weight is 461 g/mol. The van der Waals surface area contributed by atoms with Crippen LogP contribution in [0.5, 0.6) is 5.75 Å². The van der Waals surface area contributed by atoms with Crippen molar-refractivity contribution in [2.45, 2.75) is 50.9 Å². The molecule has 3 heterocycles. The molecule has 7 nitrogen and oxygen atoms in total. The molecule has 3 aliphatic rings. The van der Waals surface area contributed by atoms with Crippen LogP contribution in [0.2, 0.25) is 0 Å². The molecule has 3 atom stereocenters. The lowest BCUT2D eigenvalue weighted by atomic mass is 9.90. The summed E-state index contributed by atoms with van der Waals surface area (Å²) in [6.07, 6.45) is 5.14. The van der Waals surface area contributed by atoms with E-state index in [1.807, 2.05) is 4.90 Å². The van der Waals surface area contributed by atoms with Crippen LogP contribution in [0.15, 0.2) is 23.1 Å². The van der Waals surface area contributed by atoms with Crippen LogP contribution in [0.3, 0.4) is 0 Å².